The number of rotatable bonds is 5. The lowest BCUT2D eigenvalue weighted by molar-refractivity contribution is -0.136. The molecule has 24 heavy (non-hydrogen) atoms. The van der Waals surface area contributed by atoms with Gasteiger partial charge in [0.25, 0.3) is 5.91 Å². The highest BCUT2D eigenvalue weighted by Gasteiger charge is 2.31. The van der Waals surface area contributed by atoms with Crippen LogP contribution in [0.1, 0.15) is 54.1 Å². The van der Waals surface area contributed by atoms with Gasteiger partial charge in [-0.15, -0.1) is 0 Å². The maximum Gasteiger partial charge on any atom is 0.311 e. The Hall–Kier alpha value is -2.57. The third kappa shape index (κ3) is 3.84. The fraction of sp³-hybridized carbons (Fsp3) is 0.471. The second-order valence-electron chi connectivity index (χ2n) is 7.01. The average Bonchev–Trinajstić information content (AvgIpc) is 3.00. The van der Waals surface area contributed by atoms with Gasteiger partial charge in [-0.25, -0.2) is 0 Å². The molecule has 2 heterocycles. The summed E-state index contributed by atoms with van der Waals surface area (Å²) in [6.45, 7) is 7.78. The van der Waals surface area contributed by atoms with Crippen LogP contribution in [0, 0.1) is 12.3 Å². The molecule has 2 aromatic heterocycles. The minimum absolute atomic E-state index is 0.163. The molecular formula is C17H23N3O4. The molecule has 0 aliphatic heterocycles. The highest BCUT2D eigenvalue weighted by molar-refractivity contribution is 5.97. The Balaban J connectivity index is 2.32. The van der Waals surface area contributed by atoms with Crippen LogP contribution in [0.25, 0.3) is 0 Å². The van der Waals surface area contributed by atoms with E-state index in [2.05, 4.69) is 10.4 Å². The Labute approximate surface area is 140 Å². The van der Waals surface area contributed by atoms with E-state index >= 15 is 0 Å². The van der Waals surface area contributed by atoms with Crippen LogP contribution >= 0.6 is 0 Å². The fourth-order valence-electron chi connectivity index (χ4n) is 2.66. The number of nitrogens with zero attached hydrogens (tertiary/aromatic N) is 2. The summed E-state index contributed by atoms with van der Waals surface area (Å²) in [5.74, 6) is -1.23. The van der Waals surface area contributed by atoms with E-state index in [0.717, 1.165) is 5.56 Å². The lowest BCUT2D eigenvalue weighted by Crippen LogP contribution is -2.37. The molecule has 0 fully saturated rings. The molecule has 1 amide bonds. The third-order valence-electron chi connectivity index (χ3n) is 3.79. The van der Waals surface area contributed by atoms with Crippen molar-refractivity contribution in [1.29, 1.82) is 0 Å². The Kier molecular flexibility index (Phi) is 4.82. The van der Waals surface area contributed by atoms with Crippen molar-refractivity contribution in [1.82, 2.24) is 15.1 Å². The predicted octanol–water partition coefficient (Wildman–Crippen LogP) is 2.47. The zero-order chi connectivity index (χ0) is 18.1. The molecule has 7 heteroatoms. The van der Waals surface area contributed by atoms with Crippen molar-refractivity contribution in [2.45, 2.75) is 40.2 Å². The molecule has 2 aromatic rings. The Morgan fingerprint density at radius 1 is 1.42 bits per heavy atom. The Morgan fingerprint density at radius 2 is 2.08 bits per heavy atom. The molecule has 2 rings (SSSR count). The first kappa shape index (κ1) is 17.8. The van der Waals surface area contributed by atoms with Gasteiger partial charge >= 0.3 is 5.97 Å². The summed E-state index contributed by atoms with van der Waals surface area (Å²) in [4.78, 5) is 23.7. The number of hydrogen-bond acceptors (Lipinski definition) is 4. The molecule has 2 N–H and O–H groups in total. The maximum absolute atomic E-state index is 12.8. The SMILES string of the molecule is Cc1coc(CC(=O)O)c1C(=O)NC(c1cnn(C)c1)C(C)(C)C. The van der Waals surface area contributed by atoms with Crippen molar-refractivity contribution < 1.29 is 19.1 Å². The molecule has 1 atom stereocenters. The Morgan fingerprint density at radius 3 is 2.58 bits per heavy atom. The second-order valence-corrected chi connectivity index (χ2v) is 7.01. The number of carboxylic acids is 1. The van der Waals surface area contributed by atoms with Crippen LogP contribution in [0.3, 0.4) is 0 Å². The van der Waals surface area contributed by atoms with E-state index in [9.17, 15) is 9.59 Å². The van der Waals surface area contributed by atoms with Gasteiger partial charge in [0.15, 0.2) is 0 Å². The first-order valence-corrected chi connectivity index (χ1v) is 7.67. The number of nitrogens with one attached hydrogen (secondary N) is 1. The number of aliphatic carboxylic acids is 1. The van der Waals surface area contributed by atoms with Crippen LogP contribution in [0.2, 0.25) is 0 Å². The molecule has 0 saturated heterocycles. The van der Waals surface area contributed by atoms with Crippen LogP contribution in [0.15, 0.2) is 23.1 Å². The van der Waals surface area contributed by atoms with Gasteiger partial charge in [0.1, 0.15) is 12.2 Å². The molecule has 0 radical (unpaired) electrons. The molecule has 7 nitrogen and oxygen atoms in total. The lowest BCUT2D eigenvalue weighted by atomic mass is 9.83. The molecule has 0 spiro atoms. The summed E-state index contributed by atoms with van der Waals surface area (Å²) in [7, 11) is 1.82. The molecule has 0 aliphatic rings. The van der Waals surface area contributed by atoms with Gasteiger partial charge < -0.3 is 14.8 Å². The van der Waals surface area contributed by atoms with E-state index in [1.165, 1.54) is 6.26 Å². The van der Waals surface area contributed by atoms with Crippen LogP contribution < -0.4 is 5.32 Å². The highest BCUT2D eigenvalue weighted by Crippen LogP contribution is 2.33. The second kappa shape index (κ2) is 6.51. The highest BCUT2D eigenvalue weighted by atomic mass is 16.4. The molecule has 130 valence electrons. The number of amides is 1. The minimum atomic E-state index is -1.04. The van der Waals surface area contributed by atoms with Crippen molar-refractivity contribution in [2.75, 3.05) is 0 Å². The van der Waals surface area contributed by atoms with Crippen molar-refractivity contribution in [2.24, 2.45) is 12.5 Å². The number of carbonyl (C=O) groups excluding carboxylic acids is 1. The van der Waals surface area contributed by atoms with E-state index in [-0.39, 0.29) is 35.1 Å². The first-order chi connectivity index (χ1) is 11.1. The molecule has 1 unspecified atom stereocenters. The summed E-state index contributed by atoms with van der Waals surface area (Å²) >= 11 is 0. The predicted molar refractivity (Wildman–Crippen MR) is 87.7 cm³/mol. The van der Waals surface area contributed by atoms with Gasteiger partial charge in [0.05, 0.1) is 24.1 Å². The smallest absolute Gasteiger partial charge is 0.311 e. The standard InChI is InChI=1S/C17H23N3O4/c1-10-9-24-12(6-13(21)22)14(10)16(23)19-15(17(2,3)4)11-7-18-20(5)8-11/h7-9,15H,6H2,1-5H3,(H,19,23)(H,21,22). The number of aromatic nitrogens is 2. The quantitative estimate of drug-likeness (QED) is 0.876. The topological polar surface area (TPSA) is 97.4 Å². The van der Waals surface area contributed by atoms with Crippen LogP contribution in [0.4, 0.5) is 0 Å². The summed E-state index contributed by atoms with van der Waals surface area (Å²) < 4.78 is 6.93. The van der Waals surface area contributed by atoms with Gasteiger partial charge in [0.2, 0.25) is 0 Å². The van der Waals surface area contributed by atoms with Gasteiger partial charge in [-0.05, 0) is 12.3 Å². The summed E-state index contributed by atoms with van der Waals surface area (Å²) in [6.07, 6.45) is 4.65. The van der Waals surface area contributed by atoms with Crippen molar-refractivity contribution in [3.63, 3.8) is 0 Å². The van der Waals surface area contributed by atoms with Gasteiger partial charge in [0, 0.05) is 24.4 Å². The third-order valence-corrected chi connectivity index (χ3v) is 3.79. The lowest BCUT2D eigenvalue weighted by Gasteiger charge is -2.31. The monoisotopic (exact) mass is 333 g/mol. The molecule has 0 aromatic carbocycles. The molecule has 0 saturated carbocycles. The summed E-state index contributed by atoms with van der Waals surface area (Å²) in [6, 6.07) is -0.273. The number of furan rings is 1. The van der Waals surface area contributed by atoms with Crippen molar-refractivity contribution in [3.8, 4) is 0 Å². The zero-order valence-electron chi connectivity index (χ0n) is 14.6. The molecular weight excluding hydrogens is 310 g/mol. The largest absolute Gasteiger partial charge is 0.481 e. The van der Waals surface area contributed by atoms with E-state index < -0.39 is 5.97 Å². The summed E-state index contributed by atoms with van der Waals surface area (Å²) in [5.41, 5.74) is 1.54. The van der Waals surface area contributed by atoms with Crippen LogP contribution in [-0.4, -0.2) is 26.8 Å². The summed E-state index contributed by atoms with van der Waals surface area (Å²) in [5, 5.41) is 16.1. The Bertz CT molecular complexity index is 752. The number of hydrogen-bond donors (Lipinski definition) is 2. The normalized spacial score (nSPS) is 12.9. The van der Waals surface area contributed by atoms with E-state index in [0.29, 0.717) is 5.56 Å². The van der Waals surface area contributed by atoms with E-state index in [1.54, 1.807) is 17.8 Å². The maximum atomic E-state index is 12.8. The van der Waals surface area contributed by atoms with Crippen molar-refractivity contribution >= 4 is 11.9 Å². The van der Waals surface area contributed by atoms with E-state index in [4.69, 9.17) is 9.52 Å². The van der Waals surface area contributed by atoms with Crippen molar-refractivity contribution in [3.05, 3.63) is 41.1 Å². The van der Waals surface area contributed by atoms with E-state index in [1.807, 2.05) is 34.0 Å². The van der Waals surface area contributed by atoms with Crippen LogP contribution in [0.5, 0.6) is 0 Å². The van der Waals surface area contributed by atoms with Gasteiger partial charge in [-0.1, -0.05) is 20.8 Å². The number of aryl methyl sites for hydroxylation is 2. The average molecular weight is 333 g/mol. The molecule has 0 bridgehead atoms. The number of carbonyl (C=O) groups is 2. The van der Waals surface area contributed by atoms with Crippen LogP contribution in [-0.2, 0) is 18.3 Å². The zero-order valence-corrected chi connectivity index (χ0v) is 14.6. The minimum Gasteiger partial charge on any atom is -0.481 e. The fourth-order valence-corrected chi connectivity index (χ4v) is 2.66. The first-order valence-electron chi connectivity index (χ1n) is 7.67. The van der Waals surface area contributed by atoms with Gasteiger partial charge in [-0.3, -0.25) is 14.3 Å². The molecule has 0 aliphatic carbocycles. The number of carboxylic acid groups (broad SMARTS) is 1. The van der Waals surface area contributed by atoms with Gasteiger partial charge in [-0.2, -0.15) is 5.10 Å².